The Morgan fingerprint density at radius 3 is 2.29 bits per heavy atom. The number of ether oxygens (including phenoxy) is 2. The van der Waals surface area contributed by atoms with E-state index >= 15 is 0 Å². The molecule has 1 aromatic carbocycles. The molecule has 0 saturated carbocycles. The zero-order valence-electron chi connectivity index (χ0n) is 12.0. The van der Waals surface area contributed by atoms with Crippen molar-refractivity contribution in [2.75, 3.05) is 20.0 Å². The Morgan fingerprint density at radius 2 is 1.86 bits per heavy atom. The second kappa shape index (κ2) is 5.70. The summed E-state index contributed by atoms with van der Waals surface area (Å²) in [6, 6.07) is 5.33. The van der Waals surface area contributed by atoms with Crippen LogP contribution in [0.5, 0.6) is 11.5 Å². The molecule has 0 atom stereocenters. The van der Waals surface area contributed by atoms with E-state index in [0.29, 0.717) is 11.5 Å². The van der Waals surface area contributed by atoms with Crippen molar-refractivity contribution in [3.05, 3.63) is 39.6 Å². The number of methoxy groups -OCH3 is 2. The van der Waals surface area contributed by atoms with E-state index in [2.05, 4.69) is 5.10 Å². The lowest BCUT2D eigenvalue weighted by molar-refractivity contribution is -0.384. The van der Waals surface area contributed by atoms with Crippen LogP contribution < -0.4 is 15.2 Å². The number of nitrogens with zero attached hydrogens (tertiary/aromatic N) is 3. The van der Waals surface area contributed by atoms with E-state index in [1.165, 1.54) is 4.68 Å². The molecule has 0 fully saturated rings. The van der Waals surface area contributed by atoms with Crippen LogP contribution in [0.3, 0.4) is 0 Å². The van der Waals surface area contributed by atoms with Crippen LogP contribution in [-0.4, -0.2) is 28.9 Å². The third kappa shape index (κ3) is 2.88. The van der Waals surface area contributed by atoms with Crippen LogP contribution in [0.2, 0.25) is 0 Å². The highest BCUT2D eigenvalue weighted by Crippen LogP contribution is 2.27. The Hall–Kier alpha value is -2.77. The van der Waals surface area contributed by atoms with Crippen LogP contribution in [0.15, 0.2) is 18.2 Å². The van der Waals surface area contributed by atoms with E-state index in [1.807, 2.05) is 0 Å². The highest BCUT2D eigenvalue weighted by molar-refractivity contribution is 5.56. The minimum atomic E-state index is -0.527. The van der Waals surface area contributed by atoms with Gasteiger partial charge in [-0.3, -0.25) is 10.1 Å². The lowest BCUT2D eigenvalue weighted by Gasteiger charge is -2.09. The lowest BCUT2D eigenvalue weighted by atomic mass is 10.2. The normalized spacial score (nSPS) is 10.4. The lowest BCUT2D eigenvalue weighted by Crippen LogP contribution is -2.07. The van der Waals surface area contributed by atoms with Crippen molar-refractivity contribution in [2.45, 2.75) is 13.5 Å². The third-order valence-corrected chi connectivity index (χ3v) is 3.06. The molecule has 2 rings (SSSR count). The molecule has 8 nitrogen and oxygen atoms in total. The van der Waals surface area contributed by atoms with Gasteiger partial charge in [-0.2, -0.15) is 5.10 Å². The topological polar surface area (TPSA) is 105 Å². The Bertz CT molecular complexity index is 659. The highest BCUT2D eigenvalue weighted by atomic mass is 16.6. The molecule has 0 unspecified atom stereocenters. The van der Waals surface area contributed by atoms with E-state index in [0.717, 1.165) is 5.56 Å². The average Bonchev–Trinajstić information content (AvgIpc) is 2.72. The van der Waals surface area contributed by atoms with Crippen molar-refractivity contribution in [1.29, 1.82) is 0 Å². The van der Waals surface area contributed by atoms with Gasteiger partial charge in [-0.05, 0) is 24.6 Å². The number of hydrogen-bond acceptors (Lipinski definition) is 6. The van der Waals surface area contributed by atoms with Crippen molar-refractivity contribution in [1.82, 2.24) is 9.78 Å². The fraction of sp³-hybridized carbons (Fsp3) is 0.308. The van der Waals surface area contributed by atoms with Gasteiger partial charge in [0.2, 0.25) is 5.82 Å². The van der Waals surface area contributed by atoms with E-state index in [1.54, 1.807) is 39.3 Å². The maximum Gasteiger partial charge on any atom is 0.333 e. The predicted octanol–water partition coefficient (Wildman–Crippen LogP) is 1.75. The van der Waals surface area contributed by atoms with Gasteiger partial charge in [0.1, 0.15) is 17.2 Å². The Labute approximate surface area is 121 Å². The van der Waals surface area contributed by atoms with Gasteiger partial charge in [-0.1, -0.05) is 0 Å². The Morgan fingerprint density at radius 1 is 1.29 bits per heavy atom. The van der Waals surface area contributed by atoms with Gasteiger partial charge in [-0.15, -0.1) is 0 Å². The predicted molar refractivity (Wildman–Crippen MR) is 76.7 cm³/mol. The summed E-state index contributed by atoms with van der Waals surface area (Å²) in [7, 11) is 3.10. The number of nitrogens with two attached hydrogens (primary N) is 1. The maximum absolute atomic E-state index is 10.9. The molecule has 0 saturated heterocycles. The molecule has 2 N–H and O–H groups in total. The minimum absolute atomic E-state index is 0.0271. The number of anilines is 1. The number of nitro groups is 1. The first-order chi connectivity index (χ1) is 9.96. The smallest absolute Gasteiger partial charge is 0.333 e. The summed E-state index contributed by atoms with van der Waals surface area (Å²) in [4.78, 5) is 10.4. The van der Waals surface area contributed by atoms with Gasteiger partial charge in [0.25, 0.3) is 0 Å². The molecule has 0 bridgehead atoms. The molecule has 0 aliphatic carbocycles. The van der Waals surface area contributed by atoms with E-state index in [9.17, 15) is 10.1 Å². The van der Waals surface area contributed by atoms with Crippen LogP contribution in [0, 0.1) is 17.0 Å². The first kappa shape index (κ1) is 14.6. The summed E-state index contributed by atoms with van der Waals surface area (Å²) in [6.45, 7) is 1.84. The number of aryl methyl sites for hydroxylation is 1. The SMILES string of the molecule is COc1cc(Cn2nc(C)c([N+](=O)[O-])c2N)cc(OC)c1. The zero-order valence-corrected chi connectivity index (χ0v) is 12.0. The summed E-state index contributed by atoms with van der Waals surface area (Å²) < 4.78 is 11.8. The van der Waals surface area contributed by atoms with E-state index < -0.39 is 4.92 Å². The monoisotopic (exact) mass is 292 g/mol. The second-order valence-electron chi connectivity index (χ2n) is 4.45. The number of rotatable bonds is 5. The average molecular weight is 292 g/mol. The zero-order chi connectivity index (χ0) is 15.6. The van der Waals surface area contributed by atoms with E-state index in [4.69, 9.17) is 15.2 Å². The Balaban J connectivity index is 2.38. The molecule has 8 heteroatoms. The molecule has 1 heterocycles. The quantitative estimate of drug-likeness (QED) is 0.664. The molecule has 0 aliphatic heterocycles. The summed E-state index contributed by atoms with van der Waals surface area (Å²) in [5.74, 6) is 1.28. The second-order valence-corrected chi connectivity index (χ2v) is 4.45. The van der Waals surface area contributed by atoms with Crippen LogP contribution in [0.25, 0.3) is 0 Å². The highest BCUT2D eigenvalue weighted by Gasteiger charge is 2.23. The van der Waals surface area contributed by atoms with Gasteiger partial charge in [-0.25, -0.2) is 4.68 Å². The first-order valence-electron chi connectivity index (χ1n) is 6.15. The molecule has 21 heavy (non-hydrogen) atoms. The van der Waals surface area contributed by atoms with Crippen molar-refractivity contribution < 1.29 is 14.4 Å². The molecule has 0 amide bonds. The van der Waals surface area contributed by atoms with Crippen LogP contribution in [0.4, 0.5) is 11.5 Å². The molecule has 1 aromatic heterocycles. The van der Waals surface area contributed by atoms with Gasteiger partial charge >= 0.3 is 5.69 Å². The van der Waals surface area contributed by atoms with Crippen molar-refractivity contribution in [3.63, 3.8) is 0 Å². The molecular formula is C13H16N4O4. The molecule has 112 valence electrons. The van der Waals surface area contributed by atoms with Gasteiger partial charge in [0.15, 0.2) is 0 Å². The number of benzene rings is 1. The number of hydrogen-bond donors (Lipinski definition) is 1. The van der Waals surface area contributed by atoms with Crippen molar-refractivity contribution in [3.8, 4) is 11.5 Å². The molecule has 0 spiro atoms. The first-order valence-corrected chi connectivity index (χ1v) is 6.15. The minimum Gasteiger partial charge on any atom is -0.497 e. The summed E-state index contributed by atoms with van der Waals surface area (Å²) >= 11 is 0. The molecule has 0 radical (unpaired) electrons. The van der Waals surface area contributed by atoms with Crippen LogP contribution >= 0.6 is 0 Å². The molecule has 0 aliphatic rings. The van der Waals surface area contributed by atoms with Gasteiger partial charge in [0.05, 0.1) is 25.7 Å². The summed E-state index contributed by atoms with van der Waals surface area (Å²) in [5, 5.41) is 15.0. The number of nitrogen functional groups attached to an aromatic ring is 1. The van der Waals surface area contributed by atoms with Crippen molar-refractivity contribution >= 4 is 11.5 Å². The van der Waals surface area contributed by atoms with Crippen molar-refractivity contribution in [2.24, 2.45) is 0 Å². The standard InChI is InChI=1S/C13H16N4O4/c1-8-12(17(18)19)13(14)16(15-8)7-9-4-10(20-2)6-11(5-9)21-3/h4-6H,7,14H2,1-3H3. The van der Waals surface area contributed by atoms with E-state index in [-0.39, 0.29) is 23.7 Å². The third-order valence-electron chi connectivity index (χ3n) is 3.06. The Kier molecular flexibility index (Phi) is 3.97. The largest absolute Gasteiger partial charge is 0.497 e. The summed E-state index contributed by atoms with van der Waals surface area (Å²) in [6.07, 6.45) is 0. The number of aromatic nitrogens is 2. The fourth-order valence-electron chi connectivity index (χ4n) is 2.07. The van der Waals surface area contributed by atoms with Gasteiger partial charge in [0, 0.05) is 6.07 Å². The fourth-order valence-corrected chi connectivity index (χ4v) is 2.07. The van der Waals surface area contributed by atoms with Gasteiger partial charge < -0.3 is 15.2 Å². The molecular weight excluding hydrogens is 276 g/mol. The van der Waals surface area contributed by atoms with Crippen LogP contribution in [-0.2, 0) is 6.54 Å². The maximum atomic E-state index is 10.9. The molecule has 2 aromatic rings. The van der Waals surface area contributed by atoms with Crippen LogP contribution in [0.1, 0.15) is 11.3 Å². The summed E-state index contributed by atoms with van der Waals surface area (Å²) in [5.41, 5.74) is 6.73.